The number of hydrogen-bond acceptors (Lipinski definition) is 3. The summed E-state index contributed by atoms with van der Waals surface area (Å²) in [5.41, 5.74) is 7.52. The first-order chi connectivity index (χ1) is 12.0. The lowest BCUT2D eigenvalue weighted by molar-refractivity contribution is -0.116. The number of primary amides is 1. The molecule has 0 saturated carbocycles. The molecular formula is C20H25N3O2. The van der Waals surface area contributed by atoms with Crippen molar-refractivity contribution in [3.8, 4) is 0 Å². The van der Waals surface area contributed by atoms with Crippen LogP contribution in [0.5, 0.6) is 0 Å². The third kappa shape index (κ3) is 6.04. The summed E-state index contributed by atoms with van der Waals surface area (Å²) in [4.78, 5) is 25.5. The second-order valence-electron chi connectivity index (χ2n) is 6.29. The van der Waals surface area contributed by atoms with Crippen LogP contribution in [-0.2, 0) is 11.3 Å². The standard InChI is InChI=1S/C20H25N3O2/c1-15(2)23(14-16-6-4-3-5-7-16)13-12-19(24)22-18-10-8-17(9-11-18)20(21)25/h3-11,15H,12-14H2,1-2H3,(H2,21,25)(H,22,24). The molecular weight excluding hydrogens is 314 g/mol. The highest BCUT2D eigenvalue weighted by Gasteiger charge is 2.12. The van der Waals surface area contributed by atoms with Crippen LogP contribution in [0.1, 0.15) is 36.2 Å². The number of hydrogen-bond donors (Lipinski definition) is 2. The number of nitrogens with zero attached hydrogens (tertiary/aromatic N) is 1. The van der Waals surface area contributed by atoms with Crippen LogP contribution < -0.4 is 11.1 Å². The zero-order valence-corrected chi connectivity index (χ0v) is 14.7. The normalized spacial score (nSPS) is 10.9. The number of amides is 2. The van der Waals surface area contributed by atoms with Gasteiger partial charge in [0.1, 0.15) is 0 Å². The molecule has 0 aliphatic heterocycles. The molecule has 25 heavy (non-hydrogen) atoms. The molecule has 0 heterocycles. The van der Waals surface area contributed by atoms with Crippen molar-refractivity contribution in [1.29, 1.82) is 0 Å². The second kappa shape index (κ2) is 8.99. The van der Waals surface area contributed by atoms with Crippen LogP contribution in [0.15, 0.2) is 54.6 Å². The van der Waals surface area contributed by atoms with Crippen molar-refractivity contribution < 1.29 is 9.59 Å². The van der Waals surface area contributed by atoms with Crippen molar-refractivity contribution in [2.45, 2.75) is 32.9 Å². The summed E-state index contributed by atoms with van der Waals surface area (Å²) in [6.07, 6.45) is 0.405. The molecule has 132 valence electrons. The van der Waals surface area contributed by atoms with Crippen molar-refractivity contribution in [2.24, 2.45) is 5.73 Å². The van der Waals surface area contributed by atoms with Crippen LogP contribution in [0.3, 0.4) is 0 Å². The molecule has 2 rings (SSSR count). The Balaban J connectivity index is 1.87. The van der Waals surface area contributed by atoms with Gasteiger partial charge in [0.05, 0.1) is 0 Å². The van der Waals surface area contributed by atoms with Gasteiger partial charge in [0.25, 0.3) is 0 Å². The number of carbonyl (C=O) groups excluding carboxylic acids is 2. The van der Waals surface area contributed by atoms with Gasteiger partial charge in [-0.2, -0.15) is 0 Å². The van der Waals surface area contributed by atoms with E-state index in [1.807, 2.05) is 18.2 Å². The summed E-state index contributed by atoms with van der Waals surface area (Å²) in [5, 5.41) is 2.85. The highest BCUT2D eigenvalue weighted by Crippen LogP contribution is 2.11. The van der Waals surface area contributed by atoms with Gasteiger partial charge in [0, 0.05) is 36.8 Å². The molecule has 5 nitrogen and oxygen atoms in total. The third-order valence-electron chi connectivity index (χ3n) is 4.04. The fraction of sp³-hybridized carbons (Fsp3) is 0.300. The Bertz CT molecular complexity index is 697. The Morgan fingerprint density at radius 1 is 1.04 bits per heavy atom. The lowest BCUT2D eigenvalue weighted by Gasteiger charge is -2.26. The van der Waals surface area contributed by atoms with Crippen LogP contribution in [0.4, 0.5) is 5.69 Å². The number of nitrogens with one attached hydrogen (secondary N) is 1. The van der Waals surface area contributed by atoms with Gasteiger partial charge in [0.2, 0.25) is 11.8 Å². The van der Waals surface area contributed by atoms with E-state index < -0.39 is 5.91 Å². The monoisotopic (exact) mass is 339 g/mol. The second-order valence-corrected chi connectivity index (χ2v) is 6.29. The van der Waals surface area contributed by atoms with Gasteiger partial charge in [-0.15, -0.1) is 0 Å². The first-order valence-electron chi connectivity index (χ1n) is 8.43. The fourth-order valence-electron chi connectivity index (χ4n) is 2.52. The molecule has 2 amide bonds. The quantitative estimate of drug-likeness (QED) is 0.776. The summed E-state index contributed by atoms with van der Waals surface area (Å²) in [6, 6.07) is 17.2. The van der Waals surface area contributed by atoms with Crippen molar-refractivity contribution >= 4 is 17.5 Å². The lowest BCUT2D eigenvalue weighted by Crippen LogP contribution is -2.33. The van der Waals surface area contributed by atoms with Gasteiger partial charge < -0.3 is 11.1 Å². The van der Waals surface area contributed by atoms with Gasteiger partial charge in [-0.05, 0) is 43.7 Å². The molecule has 0 saturated heterocycles. The van der Waals surface area contributed by atoms with E-state index in [1.165, 1.54) is 5.56 Å². The van der Waals surface area contributed by atoms with Crippen LogP contribution in [0, 0.1) is 0 Å². The topological polar surface area (TPSA) is 75.4 Å². The van der Waals surface area contributed by atoms with Crippen molar-refractivity contribution in [2.75, 3.05) is 11.9 Å². The Morgan fingerprint density at radius 3 is 2.24 bits per heavy atom. The van der Waals surface area contributed by atoms with Crippen LogP contribution in [-0.4, -0.2) is 29.3 Å². The Hall–Kier alpha value is -2.66. The molecule has 0 unspecified atom stereocenters. The summed E-state index contributed by atoms with van der Waals surface area (Å²) in [5.74, 6) is -0.531. The SMILES string of the molecule is CC(C)N(CCC(=O)Nc1ccc(C(N)=O)cc1)Cc1ccccc1. The van der Waals surface area contributed by atoms with Crippen molar-refractivity contribution in [1.82, 2.24) is 4.90 Å². The maximum absolute atomic E-state index is 12.2. The van der Waals surface area contributed by atoms with Crippen LogP contribution >= 0.6 is 0 Å². The van der Waals surface area contributed by atoms with E-state index in [-0.39, 0.29) is 5.91 Å². The van der Waals surface area contributed by atoms with Gasteiger partial charge in [-0.3, -0.25) is 14.5 Å². The molecule has 0 atom stereocenters. The molecule has 2 aromatic carbocycles. The number of nitrogens with two attached hydrogens (primary N) is 1. The minimum Gasteiger partial charge on any atom is -0.366 e. The maximum Gasteiger partial charge on any atom is 0.248 e. The zero-order chi connectivity index (χ0) is 18.2. The van der Waals surface area contributed by atoms with E-state index in [0.717, 1.165) is 6.54 Å². The van der Waals surface area contributed by atoms with E-state index in [9.17, 15) is 9.59 Å². The Kier molecular flexibility index (Phi) is 6.71. The Labute approximate surface area is 148 Å². The minimum atomic E-state index is -0.480. The maximum atomic E-state index is 12.2. The average molecular weight is 339 g/mol. The first-order valence-corrected chi connectivity index (χ1v) is 8.43. The van der Waals surface area contributed by atoms with E-state index in [1.54, 1.807) is 24.3 Å². The van der Waals surface area contributed by atoms with Gasteiger partial charge in [-0.25, -0.2) is 0 Å². The zero-order valence-electron chi connectivity index (χ0n) is 14.7. The molecule has 3 N–H and O–H groups in total. The number of anilines is 1. The molecule has 0 fully saturated rings. The van der Waals surface area contributed by atoms with E-state index in [2.05, 4.69) is 36.2 Å². The first kappa shape index (κ1) is 18.7. The highest BCUT2D eigenvalue weighted by atomic mass is 16.2. The summed E-state index contributed by atoms with van der Waals surface area (Å²) in [6.45, 7) is 5.75. The van der Waals surface area contributed by atoms with Crippen LogP contribution in [0.25, 0.3) is 0 Å². The number of rotatable bonds is 8. The largest absolute Gasteiger partial charge is 0.366 e. The van der Waals surface area contributed by atoms with Crippen LogP contribution in [0.2, 0.25) is 0 Å². The predicted molar refractivity (Wildman–Crippen MR) is 100 cm³/mol. The molecule has 2 aromatic rings. The van der Waals surface area contributed by atoms with Gasteiger partial charge in [0.15, 0.2) is 0 Å². The van der Waals surface area contributed by atoms with Crippen molar-refractivity contribution in [3.05, 3.63) is 65.7 Å². The van der Waals surface area contributed by atoms with E-state index in [0.29, 0.717) is 30.3 Å². The summed E-state index contributed by atoms with van der Waals surface area (Å²) >= 11 is 0. The fourth-order valence-corrected chi connectivity index (χ4v) is 2.52. The highest BCUT2D eigenvalue weighted by molar-refractivity contribution is 5.94. The number of benzene rings is 2. The molecule has 0 spiro atoms. The lowest BCUT2D eigenvalue weighted by atomic mass is 10.1. The predicted octanol–water partition coefficient (Wildman–Crippen LogP) is 3.02. The molecule has 0 aliphatic carbocycles. The van der Waals surface area contributed by atoms with E-state index >= 15 is 0 Å². The van der Waals surface area contributed by atoms with Gasteiger partial charge in [-0.1, -0.05) is 30.3 Å². The Morgan fingerprint density at radius 2 is 1.68 bits per heavy atom. The van der Waals surface area contributed by atoms with Gasteiger partial charge >= 0.3 is 0 Å². The summed E-state index contributed by atoms with van der Waals surface area (Å²) < 4.78 is 0. The van der Waals surface area contributed by atoms with E-state index in [4.69, 9.17) is 5.73 Å². The molecule has 0 aromatic heterocycles. The smallest absolute Gasteiger partial charge is 0.248 e. The molecule has 5 heteroatoms. The molecule has 0 bridgehead atoms. The number of carbonyl (C=O) groups is 2. The summed E-state index contributed by atoms with van der Waals surface area (Å²) in [7, 11) is 0. The third-order valence-corrected chi connectivity index (χ3v) is 4.04. The minimum absolute atomic E-state index is 0.0504. The average Bonchev–Trinajstić information content (AvgIpc) is 2.59. The molecule has 0 radical (unpaired) electrons. The van der Waals surface area contributed by atoms with Crippen molar-refractivity contribution in [3.63, 3.8) is 0 Å². The molecule has 0 aliphatic rings.